The zero-order valence-electron chi connectivity index (χ0n) is 23.8. The van der Waals surface area contributed by atoms with Gasteiger partial charge in [0.15, 0.2) is 17.5 Å². The van der Waals surface area contributed by atoms with Gasteiger partial charge in [-0.1, -0.05) is 104 Å². The van der Waals surface area contributed by atoms with Gasteiger partial charge in [-0.3, -0.25) is 0 Å². The second-order valence-corrected chi connectivity index (χ2v) is 12.6. The molecule has 2 aliphatic rings. The fourth-order valence-electron chi connectivity index (χ4n) is 6.36. The largest absolute Gasteiger partial charge is 0.208 e. The third kappa shape index (κ3) is 4.18. The maximum atomic E-state index is 9.76. The normalized spacial score (nSPS) is 14.2. The Morgan fingerprint density at radius 1 is 0.721 bits per heavy atom. The summed E-state index contributed by atoms with van der Waals surface area (Å²) in [6, 6.07) is 35.9. The monoisotopic (exact) mass is 570 g/mol. The summed E-state index contributed by atoms with van der Waals surface area (Å²) >= 11 is 1.67. The molecule has 0 amide bonds. The van der Waals surface area contributed by atoms with Crippen molar-refractivity contribution in [1.82, 2.24) is 15.0 Å². The average molecular weight is 571 g/mol. The molecule has 5 heteroatoms. The number of aromatic nitrogens is 3. The van der Waals surface area contributed by atoms with Gasteiger partial charge >= 0.3 is 0 Å². The lowest BCUT2D eigenvalue weighted by Crippen LogP contribution is -2.24. The predicted octanol–water partition coefficient (Wildman–Crippen LogP) is 9.26. The highest BCUT2D eigenvalue weighted by Crippen LogP contribution is 2.51. The fourth-order valence-corrected chi connectivity index (χ4v) is 7.80. The van der Waals surface area contributed by atoms with Crippen molar-refractivity contribution in [2.24, 2.45) is 0 Å². The number of hydrogen-bond acceptors (Lipinski definition) is 5. The molecule has 204 valence electrons. The van der Waals surface area contributed by atoms with Crippen LogP contribution in [0.1, 0.15) is 41.7 Å². The van der Waals surface area contributed by atoms with E-state index in [4.69, 9.17) is 15.0 Å². The first kappa shape index (κ1) is 25.6. The highest BCUT2D eigenvalue weighted by Gasteiger charge is 2.34. The molecule has 0 atom stereocenters. The predicted molar refractivity (Wildman–Crippen MR) is 174 cm³/mol. The van der Waals surface area contributed by atoms with Gasteiger partial charge in [-0.25, -0.2) is 15.0 Å². The van der Waals surface area contributed by atoms with E-state index < -0.39 is 0 Å². The van der Waals surface area contributed by atoms with Gasteiger partial charge in [0.25, 0.3) is 0 Å². The standard InChI is InChI=1S/C38H26N4S/c1-38(2)30-16-8-15-28(22-39)34(30)43-32-18-17-27(21-31(32)38)36-40-35(24-9-4-3-5-10-24)41-37(42-36)29-19-25-13-6-11-23-12-7-14-26(20-29)33(23)25/h3-11,13-21H,12H2,1-2H3. The minimum Gasteiger partial charge on any atom is -0.208 e. The van der Waals surface area contributed by atoms with E-state index in [2.05, 4.69) is 86.7 Å². The van der Waals surface area contributed by atoms with E-state index in [1.54, 1.807) is 11.8 Å². The average Bonchev–Trinajstić information content (AvgIpc) is 3.05. The van der Waals surface area contributed by atoms with Crippen LogP contribution in [0.5, 0.6) is 0 Å². The number of benzene rings is 5. The molecule has 0 radical (unpaired) electrons. The fraction of sp³-hybridized carbons (Fsp3) is 0.105. The Bertz CT molecular complexity index is 2170. The van der Waals surface area contributed by atoms with Crippen molar-refractivity contribution in [1.29, 1.82) is 5.26 Å². The van der Waals surface area contributed by atoms with E-state index in [1.165, 1.54) is 33.0 Å². The van der Waals surface area contributed by atoms with Crippen molar-refractivity contribution in [2.75, 3.05) is 0 Å². The molecule has 6 aromatic rings. The lowest BCUT2D eigenvalue weighted by Gasteiger charge is -2.35. The van der Waals surface area contributed by atoms with E-state index in [-0.39, 0.29) is 5.41 Å². The minimum atomic E-state index is -0.290. The summed E-state index contributed by atoms with van der Waals surface area (Å²) in [5.74, 6) is 1.94. The van der Waals surface area contributed by atoms with Crippen LogP contribution in [0.25, 0.3) is 51.0 Å². The Morgan fingerprint density at radius 3 is 2.30 bits per heavy atom. The molecule has 0 N–H and O–H groups in total. The molecular formula is C38H26N4S. The molecule has 1 aromatic heterocycles. The number of nitriles is 1. The maximum absolute atomic E-state index is 9.76. The summed E-state index contributed by atoms with van der Waals surface area (Å²) in [7, 11) is 0. The van der Waals surface area contributed by atoms with Crippen molar-refractivity contribution < 1.29 is 0 Å². The number of nitrogens with zero attached hydrogens (tertiary/aromatic N) is 4. The molecule has 0 spiro atoms. The van der Waals surface area contributed by atoms with Crippen LogP contribution in [0.2, 0.25) is 0 Å². The molecule has 1 aliphatic carbocycles. The number of allylic oxidation sites excluding steroid dienone is 1. The van der Waals surface area contributed by atoms with Crippen LogP contribution < -0.4 is 0 Å². The van der Waals surface area contributed by atoms with Gasteiger partial charge < -0.3 is 0 Å². The molecule has 0 bridgehead atoms. The second kappa shape index (κ2) is 9.76. The third-order valence-electron chi connectivity index (χ3n) is 8.59. The highest BCUT2D eigenvalue weighted by atomic mass is 32.2. The van der Waals surface area contributed by atoms with Gasteiger partial charge in [0.1, 0.15) is 6.07 Å². The van der Waals surface area contributed by atoms with Crippen molar-refractivity contribution >= 4 is 28.6 Å². The highest BCUT2D eigenvalue weighted by molar-refractivity contribution is 7.99. The molecule has 8 rings (SSSR count). The molecule has 4 nitrogen and oxygen atoms in total. The molecule has 0 unspecified atom stereocenters. The first-order valence-electron chi connectivity index (χ1n) is 14.4. The van der Waals surface area contributed by atoms with Crippen LogP contribution in [0.3, 0.4) is 0 Å². The molecular weight excluding hydrogens is 545 g/mol. The van der Waals surface area contributed by atoms with Gasteiger partial charge in [-0.2, -0.15) is 5.26 Å². The zero-order valence-corrected chi connectivity index (χ0v) is 24.6. The smallest absolute Gasteiger partial charge is 0.164 e. The first-order valence-corrected chi connectivity index (χ1v) is 15.2. The SMILES string of the molecule is CC1(C)c2cc(-c3nc(-c4ccccc4)nc(-c4cc5c6c(cccc6c4)CC=C5)n3)ccc2Sc2c(C#N)cccc21. The molecule has 5 aromatic carbocycles. The van der Waals surface area contributed by atoms with E-state index in [9.17, 15) is 5.26 Å². The van der Waals surface area contributed by atoms with Gasteiger partial charge in [-0.05, 0) is 69.8 Å². The number of rotatable bonds is 3. The minimum absolute atomic E-state index is 0.290. The van der Waals surface area contributed by atoms with E-state index in [1.807, 2.05) is 42.5 Å². The van der Waals surface area contributed by atoms with Crippen LogP contribution in [-0.2, 0) is 11.8 Å². The van der Waals surface area contributed by atoms with Crippen LogP contribution >= 0.6 is 11.8 Å². The summed E-state index contributed by atoms with van der Waals surface area (Å²) in [4.78, 5) is 17.3. The molecule has 2 heterocycles. The molecule has 43 heavy (non-hydrogen) atoms. The second-order valence-electron chi connectivity index (χ2n) is 11.6. The van der Waals surface area contributed by atoms with Crippen LogP contribution in [0.15, 0.2) is 113 Å². The lowest BCUT2D eigenvalue weighted by molar-refractivity contribution is 0.607. The first-order chi connectivity index (χ1) is 21.0. The Kier molecular flexibility index (Phi) is 5.82. The van der Waals surface area contributed by atoms with E-state index in [0.717, 1.165) is 38.5 Å². The summed E-state index contributed by atoms with van der Waals surface area (Å²) in [6.45, 7) is 4.46. The van der Waals surface area contributed by atoms with Crippen LogP contribution in [0, 0.1) is 11.3 Å². The van der Waals surface area contributed by atoms with Gasteiger partial charge in [0, 0.05) is 31.9 Å². The van der Waals surface area contributed by atoms with Crippen molar-refractivity contribution in [3.05, 3.63) is 131 Å². The Balaban J connectivity index is 1.31. The quantitative estimate of drug-likeness (QED) is 0.212. The van der Waals surface area contributed by atoms with Gasteiger partial charge in [0.2, 0.25) is 0 Å². The summed E-state index contributed by atoms with van der Waals surface area (Å²) < 4.78 is 0. The topological polar surface area (TPSA) is 62.5 Å². The Labute approximate surface area is 254 Å². The number of hydrogen-bond donors (Lipinski definition) is 0. The summed E-state index contributed by atoms with van der Waals surface area (Å²) in [6.07, 6.45) is 5.38. The maximum Gasteiger partial charge on any atom is 0.164 e. The van der Waals surface area contributed by atoms with Crippen molar-refractivity contribution in [2.45, 2.75) is 35.5 Å². The van der Waals surface area contributed by atoms with Crippen LogP contribution in [-0.4, -0.2) is 15.0 Å². The molecule has 0 saturated heterocycles. The summed E-state index contributed by atoms with van der Waals surface area (Å²) in [5, 5.41) is 12.3. The molecule has 0 saturated carbocycles. The molecule has 0 fully saturated rings. The van der Waals surface area contributed by atoms with Gasteiger partial charge in [0.05, 0.1) is 5.56 Å². The molecule has 1 aliphatic heterocycles. The number of fused-ring (bicyclic) bond motifs is 2. The van der Waals surface area contributed by atoms with Crippen LogP contribution in [0.4, 0.5) is 0 Å². The zero-order chi connectivity index (χ0) is 29.1. The lowest BCUT2D eigenvalue weighted by atomic mass is 9.76. The third-order valence-corrected chi connectivity index (χ3v) is 9.81. The van der Waals surface area contributed by atoms with E-state index in [0.29, 0.717) is 17.5 Å². The summed E-state index contributed by atoms with van der Waals surface area (Å²) in [5.41, 5.74) is 8.20. The van der Waals surface area contributed by atoms with E-state index >= 15 is 0 Å². The Hall–Kier alpha value is -5.05. The van der Waals surface area contributed by atoms with Gasteiger partial charge in [-0.15, -0.1) is 0 Å². The van der Waals surface area contributed by atoms with Crippen molar-refractivity contribution in [3.8, 4) is 40.2 Å². The van der Waals surface area contributed by atoms with Crippen molar-refractivity contribution in [3.63, 3.8) is 0 Å². The Morgan fingerprint density at radius 2 is 1.49 bits per heavy atom.